The Morgan fingerprint density at radius 3 is 2.83 bits per heavy atom. The van der Waals surface area contributed by atoms with Gasteiger partial charge in [0.05, 0.1) is 11.6 Å². The van der Waals surface area contributed by atoms with E-state index in [2.05, 4.69) is 30.6 Å². The number of nitrogens with one attached hydrogen (secondary N) is 1. The normalized spacial score (nSPS) is 10.4. The first-order valence-corrected chi connectivity index (χ1v) is 5.92. The van der Waals surface area contributed by atoms with Crippen LogP contribution in [0.2, 0.25) is 0 Å². The maximum absolute atomic E-state index is 13.1. The third kappa shape index (κ3) is 2.28. The molecule has 0 aliphatic heterocycles. The molecular weight excluding hydrogens is 303 g/mol. The number of carbonyl (C=O) groups excluding carboxylic acids is 1. The van der Waals surface area contributed by atoms with Gasteiger partial charge in [0, 0.05) is 11.3 Å². The minimum absolute atomic E-state index is 0.230. The summed E-state index contributed by atoms with van der Waals surface area (Å²) < 4.78 is 18.1. The van der Waals surface area contributed by atoms with Gasteiger partial charge in [0.25, 0.3) is 0 Å². The summed E-state index contributed by atoms with van der Waals surface area (Å²) in [4.78, 5) is 18.5. The quantitative estimate of drug-likeness (QED) is 0.867. The highest BCUT2D eigenvalue weighted by Crippen LogP contribution is 2.24. The minimum atomic E-state index is -0.504. The summed E-state index contributed by atoms with van der Waals surface area (Å²) in [6.07, 6.45) is 0. The molecule has 0 spiro atoms. The molecular formula is C12H10BrFN2O2. The van der Waals surface area contributed by atoms with Gasteiger partial charge in [-0.1, -0.05) is 0 Å². The first kappa shape index (κ1) is 12.8. The van der Waals surface area contributed by atoms with E-state index in [1.807, 2.05) is 0 Å². The Morgan fingerprint density at radius 1 is 1.50 bits per heavy atom. The smallest absolute Gasteiger partial charge is 0.358 e. The molecule has 1 aromatic heterocycles. The van der Waals surface area contributed by atoms with Gasteiger partial charge >= 0.3 is 5.97 Å². The molecule has 0 saturated carbocycles. The lowest BCUT2D eigenvalue weighted by Crippen LogP contribution is -2.03. The summed E-state index contributed by atoms with van der Waals surface area (Å²) in [5.74, 6) is -0.361. The van der Waals surface area contributed by atoms with E-state index >= 15 is 0 Å². The second-order valence-electron chi connectivity index (χ2n) is 3.68. The van der Waals surface area contributed by atoms with Crippen LogP contribution in [0.3, 0.4) is 0 Å². The number of esters is 1. The molecule has 0 aliphatic rings. The van der Waals surface area contributed by atoms with Crippen molar-refractivity contribution in [1.82, 2.24) is 9.97 Å². The number of benzene rings is 1. The first-order valence-electron chi connectivity index (χ1n) is 5.13. The van der Waals surface area contributed by atoms with Gasteiger partial charge < -0.3 is 9.72 Å². The van der Waals surface area contributed by atoms with E-state index in [4.69, 9.17) is 0 Å². The first-order chi connectivity index (χ1) is 8.52. The monoisotopic (exact) mass is 312 g/mol. The standard InChI is InChI=1S/C12H10BrFN2O2/c1-6-10(12(17)18-2)16-11(15-6)7-3-4-9(14)8(13)5-7/h3-5H,1-2H3,(H,15,16). The molecule has 0 fully saturated rings. The van der Waals surface area contributed by atoms with Crippen molar-refractivity contribution in [3.8, 4) is 11.4 Å². The van der Waals surface area contributed by atoms with E-state index in [1.165, 1.54) is 13.2 Å². The van der Waals surface area contributed by atoms with Crippen molar-refractivity contribution in [3.63, 3.8) is 0 Å². The molecule has 0 amide bonds. The molecule has 94 valence electrons. The number of rotatable bonds is 2. The molecule has 2 aromatic rings. The van der Waals surface area contributed by atoms with Gasteiger partial charge in [-0.05, 0) is 41.1 Å². The van der Waals surface area contributed by atoms with Crippen LogP contribution in [-0.4, -0.2) is 23.0 Å². The van der Waals surface area contributed by atoms with Crippen LogP contribution in [0.1, 0.15) is 16.2 Å². The van der Waals surface area contributed by atoms with E-state index in [0.717, 1.165) is 0 Å². The number of H-pyrrole nitrogens is 1. The largest absolute Gasteiger partial charge is 0.464 e. The van der Waals surface area contributed by atoms with E-state index in [1.54, 1.807) is 19.1 Å². The highest BCUT2D eigenvalue weighted by Gasteiger charge is 2.16. The Morgan fingerprint density at radius 2 is 2.22 bits per heavy atom. The summed E-state index contributed by atoms with van der Waals surface area (Å²) in [6.45, 7) is 1.72. The van der Waals surface area contributed by atoms with Crippen molar-refractivity contribution in [2.75, 3.05) is 7.11 Å². The van der Waals surface area contributed by atoms with Gasteiger partial charge in [-0.15, -0.1) is 0 Å². The van der Waals surface area contributed by atoms with Gasteiger partial charge in [0.1, 0.15) is 11.6 Å². The number of aromatic nitrogens is 2. The number of methoxy groups -OCH3 is 1. The van der Waals surface area contributed by atoms with Crippen molar-refractivity contribution in [2.24, 2.45) is 0 Å². The molecule has 0 atom stereocenters. The van der Waals surface area contributed by atoms with Crippen molar-refractivity contribution in [3.05, 3.63) is 39.9 Å². The predicted molar refractivity (Wildman–Crippen MR) is 67.8 cm³/mol. The van der Waals surface area contributed by atoms with Gasteiger partial charge in [0.2, 0.25) is 0 Å². The molecule has 1 N–H and O–H groups in total. The van der Waals surface area contributed by atoms with Crippen molar-refractivity contribution < 1.29 is 13.9 Å². The topological polar surface area (TPSA) is 55.0 Å². The fraction of sp³-hybridized carbons (Fsp3) is 0.167. The van der Waals surface area contributed by atoms with E-state index in [0.29, 0.717) is 21.6 Å². The molecule has 0 bridgehead atoms. The van der Waals surface area contributed by atoms with E-state index in [-0.39, 0.29) is 11.5 Å². The second kappa shape index (κ2) is 4.89. The van der Waals surface area contributed by atoms with E-state index in [9.17, 15) is 9.18 Å². The number of hydrogen-bond donors (Lipinski definition) is 1. The Bertz CT molecular complexity index is 610. The summed E-state index contributed by atoms with van der Waals surface area (Å²) in [7, 11) is 1.30. The maximum Gasteiger partial charge on any atom is 0.358 e. The zero-order valence-corrected chi connectivity index (χ0v) is 11.3. The lowest BCUT2D eigenvalue weighted by atomic mass is 10.2. The van der Waals surface area contributed by atoms with Crippen molar-refractivity contribution in [1.29, 1.82) is 0 Å². The lowest BCUT2D eigenvalue weighted by molar-refractivity contribution is 0.0594. The van der Waals surface area contributed by atoms with Crippen LogP contribution in [0.5, 0.6) is 0 Å². The number of aryl methyl sites for hydroxylation is 1. The zero-order chi connectivity index (χ0) is 13.3. The molecule has 0 unspecified atom stereocenters. The molecule has 18 heavy (non-hydrogen) atoms. The predicted octanol–water partition coefficient (Wildman–Crippen LogP) is 3.07. The van der Waals surface area contributed by atoms with Crippen LogP contribution in [-0.2, 0) is 4.74 Å². The van der Waals surface area contributed by atoms with Gasteiger partial charge in [-0.25, -0.2) is 14.2 Å². The molecule has 2 rings (SSSR count). The maximum atomic E-state index is 13.1. The van der Waals surface area contributed by atoms with Crippen LogP contribution in [0.25, 0.3) is 11.4 Å². The molecule has 4 nitrogen and oxygen atoms in total. The summed E-state index contributed by atoms with van der Waals surface area (Å²) in [6, 6.07) is 4.50. The number of nitrogens with zero attached hydrogens (tertiary/aromatic N) is 1. The summed E-state index contributed by atoms with van der Waals surface area (Å²) in [5, 5.41) is 0. The fourth-order valence-electron chi connectivity index (χ4n) is 1.54. The molecule has 0 saturated heterocycles. The molecule has 6 heteroatoms. The number of aromatic amines is 1. The van der Waals surface area contributed by atoms with Crippen LogP contribution in [0.15, 0.2) is 22.7 Å². The molecule has 0 aliphatic carbocycles. The third-order valence-corrected chi connectivity index (χ3v) is 3.06. The average molecular weight is 313 g/mol. The molecule has 0 radical (unpaired) electrons. The van der Waals surface area contributed by atoms with Crippen LogP contribution < -0.4 is 0 Å². The summed E-state index contributed by atoms with van der Waals surface area (Å²) >= 11 is 3.10. The second-order valence-corrected chi connectivity index (χ2v) is 4.53. The zero-order valence-electron chi connectivity index (χ0n) is 9.75. The average Bonchev–Trinajstić information content (AvgIpc) is 2.74. The Hall–Kier alpha value is -1.69. The molecule has 1 aromatic carbocycles. The van der Waals surface area contributed by atoms with Gasteiger partial charge in [0.15, 0.2) is 5.69 Å². The Labute approximate surface area is 111 Å². The minimum Gasteiger partial charge on any atom is -0.464 e. The van der Waals surface area contributed by atoms with Crippen LogP contribution in [0.4, 0.5) is 4.39 Å². The Kier molecular flexibility index (Phi) is 3.47. The highest BCUT2D eigenvalue weighted by atomic mass is 79.9. The number of imidazole rings is 1. The number of carbonyl (C=O) groups is 1. The van der Waals surface area contributed by atoms with Crippen molar-refractivity contribution in [2.45, 2.75) is 6.92 Å². The van der Waals surface area contributed by atoms with Gasteiger partial charge in [-0.3, -0.25) is 0 Å². The van der Waals surface area contributed by atoms with Crippen LogP contribution >= 0.6 is 15.9 Å². The SMILES string of the molecule is COC(=O)c1nc(-c2ccc(F)c(Br)c2)[nH]c1C. The number of hydrogen-bond acceptors (Lipinski definition) is 3. The van der Waals surface area contributed by atoms with Gasteiger partial charge in [-0.2, -0.15) is 0 Å². The highest BCUT2D eigenvalue weighted by molar-refractivity contribution is 9.10. The molecule has 1 heterocycles. The van der Waals surface area contributed by atoms with Crippen LogP contribution in [0, 0.1) is 12.7 Å². The van der Waals surface area contributed by atoms with Crippen molar-refractivity contribution >= 4 is 21.9 Å². The summed E-state index contributed by atoms with van der Waals surface area (Å²) in [5.41, 5.74) is 1.52. The fourth-order valence-corrected chi connectivity index (χ4v) is 1.91. The van der Waals surface area contributed by atoms with E-state index < -0.39 is 5.97 Å². The number of halogens is 2. The third-order valence-electron chi connectivity index (χ3n) is 2.46. The number of ether oxygens (including phenoxy) is 1. The Balaban J connectivity index is 2.45. The lowest BCUT2D eigenvalue weighted by Gasteiger charge is -1.98.